The van der Waals surface area contributed by atoms with Crippen molar-refractivity contribution >= 4 is 17.1 Å². The fraction of sp³-hybridized carbons (Fsp3) is 0.217. The summed E-state index contributed by atoms with van der Waals surface area (Å²) < 4.78 is 18.4. The number of nitrogens with one attached hydrogen (secondary N) is 1. The number of nitrogens with zero attached hydrogens (tertiary/aromatic N) is 4. The highest BCUT2D eigenvalue weighted by molar-refractivity contribution is 5.90. The van der Waals surface area contributed by atoms with Crippen LogP contribution in [0.15, 0.2) is 59.7 Å². The van der Waals surface area contributed by atoms with Gasteiger partial charge in [-0.3, -0.25) is 9.59 Å². The van der Waals surface area contributed by atoms with E-state index >= 15 is 0 Å². The van der Waals surface area contributed by atoms with E-state index in [0.29, 0.717) is 35.0 Å². The van der Waals surface area contributed by atoms with Gasteiger partial charge < -0.3 is 19.5 Å². The maximum absolute atomic E-state index is 12.9. The molecule has 1 N–H and O–H groups in total. The molecule has 0 radical (unpaired) electrons. The number of methoxy groups -OCH3 is 2. The molecule has 0 aliphatic rings. The molecule has 0 atom stereocenters. The van der Waals surface area contributed by atoms with E-state index in [9.17, 15) is 9.59 Å². The predicted molar refractivity (Wildman–Crippen MR) is 122 cm³/mol. The Bertz CT molecular complexity index is 1340. The molecule has 0 unspecified atom stereocenters. The number of aromatic nitrogens is 4. The summed E-state index contributed by atoms with van der Waals surface area (Å²) >= 11 is 0. The van der Waals surface area contributed by atoms with Crippen molar-refractivity contribution in [3.63, 3.8) is 0 Å². The van der Waals surface area contributed by atoms with Crippen LogP contribution in [0, 0.1) is 0 Å². The SMILES string of the molecule is CCOc1ccc(-c2cc3c(=O)n(CC(=O)Nc4ccc(OC)c(OC)c4)ncn3n2)cc1. The molecule has 10 nitrogen and oxygen atoms in total. The second-order valence-corrected chi connectivity index (χ2v) is 7.03. The third-order valence-electron chi connectivity index (χ3n) is 4.91. The number of amides is 1. The third-order valence-corrected chi connectivity index (χ3v) is 4.91. The van der Waals surface area contributed by atoms with Crippen molar-refractivity contribution in [2.24, 2.45) is 0 Å². The Morgan fingerprint density at radius 3 is 2.48 bits per heavy atom. The highest BCUT2D eigenvalue weighted by Gasteiger charge is 2.13. The number of fused-ring (bicyclic) bond motifs is 1. The minimum absolute atomic E-state index is 0.257. The van der Waals surface area contributed by atoms with E-state index in [1.54, 1.807) is 24.3 Å². The van der Waals surface area contributed by atoms with Crippen LogP contribution in [0.2, 0.25) is 0 Å². The molecule has 2 heterocycles. The topological polar surface area (TPSA) is 109 Å². The molecule has 0 spiro atoms. The summed E-state index contributed by atoms with van der Waals surface area (Å²) in [6.45, 7) is 2.24. The van der Waals surface area contributed by atoms with Crippen molar-refractivity contribution < 1.29 is 19.0 Å². The van der Waals surface area contributed by atoms with Crippen molar-refractivity contribution in [3.05, 3.63) is 65.2 Å². The lowest BCUT2D eigenvalue weighted by Crippen LogP contribution is -2.30. The van der Waals surface area contributed by atoms with E-state index in [1.807, 2.05) is 31.2 Å². The number of hydrogen-bond donors (Lipinski definition) is 1. The standard InChI is InChI=1S/C23H23N5O5/c1-4-33-17-8-5-15(6-9-17)18-12-19-23(30)27(24-14-28(19)26-18)13-22(29)25-16-7-10-20(31-2)21(11-16)32-3/h5-12,14H,4,13H2,1-3H3,(H,25,29). The minimum atomic E-state index is -0.426. The van der Waals surface area contributed by atoms with Crippen LogP contribution in [-0.2, 0) is 11.3 Å². The molecule has 0 aliphatic carbocycles. The second-order valence-electron chi connectivity index (χ2n) is 7.03. The lowest BCUT2D eigenvalue weighted by atomic mass is 10.1. The number of hydrogen-bond acceptors (Lipinski definition) is 7. The average Bonchev–Trinajstić information content (AvgIpc) is 3.27. The summed E-state index contributed by atoms with van der Waals surface area (Å²) in [5.74, 6) is 1.37. The highest BCUT2D eigenvalue weighted by atomic mass is 16.5. The molecule has 0 aliphatic heterocycles. The van der Waals surface area contributed by atoms with Crippen molar-refractivity contribution in [2.45, 2.75) is 13.5 Å². The molecule has 0 saturated heterocycles. The maximum atomic E-state index is 12.9. The van der Waals surface area contributed by atoms with Crippen LogP contribution in [0.5, 0.6) is 17.2 Å². The predicted octanol–water partition coefficient (Wildman–Crippen LogP) is 2.61. The van der Waals surface area contributed by atoms with E-state index in [1.165, 1.54) is 25.1 Å². The van der Waals surface area contributed by atoms with Crippen molar-refractivity contribution in [3.8, 4) is 28.5 Å². The molecule has 2 aromatic heterocycles. The Balaban J connectivity index is 1.53. The van der Waals surface area contributed by atoms with Gasteiger partial charge in [0.2, 0.25) is 5.91 Å². The highest BCUT2D eigenvalue weighted by Crippen LogP contribution is 2.29. The fourth-order valence-electron chi connectivity index (χ4n) is 3.33. The van der Waals surface area contributed by atoms with Crippen LogP contribution >= 0.6 is 0 Å². The first-order valence-electron chi connectivity index (χ1n) is 10.2. The van der Waals surface area contributed by atoms with E-state index in [4.69, 9.17) is 14.2 Å². The molecule has 4 aromatic rings. The Labute approximate surface area is 189 Å². The van der Waals surface area contributed by atoms with Gasteiger partial charge in [0.25, 0.3) is 5.56 Å². The van der Waals surface area contributed by atoms with Gasteiger partial charge in [-0.05, 0) is 49.4 Å². The number of anilines is 1. The smallest absolute Gasteiger partial charge is 0.293 e. The van der Waals surface area contributed by atoms with Gasteiger partial charge in [0.1, 0.15) is 24.1 Å². The van der Waals surface area contributed by atoms with Crippen LogP contribution in [0.1, 0.15) is 6.92 Å². The molecular weight excluding hydrogens is 426 g/mol. The summed E-state index contributed by atoms with van der Waals surface area (Å²) in [5, 5.41) is 11.2. The van der Waals surface area contributed by atoms with Crippen molar-refractivity contribution in [1.29, 1.82) is 0 Å². The molecule has 1 amide bonds. The van der Waals surface area contributed by atoms with E-state index in [-0.39, 0.29) is 6.54 Å². The first-order valence-corrected chi connectivity index (χ1v) is 10.2. The van der Waals surface area contributed by atoms with E-state index in [2.05, 4.69) is 15.5 Å². The van der Waals surface area contributed by atoms with Gasteiger partial charge in [0, 0.05) is 17.3 Å². The normalized spacial score (nSPS) is 10.8. The van der Waals surface area contributed by atoms with E-state index < -0.39 is 11.5 Å². The van der Waals surface area contributed by atoms with Crippen LogP contribution < -0.4 is 25.1 Å². The lowest BCUT2D eigenvalue weighted by Gasteiger charge is -2.11. The molecular formula is C23H23N5O5. The summed E-state index contributed by atoms with van der Waals surface area (Å²) in [4.78, 5) is 25.4. The van der Waals surface area contributed by atoms with Gasteiger partial charge in [0.15, 0.2) is 11.5 Å². The fourth-order valence-corrected chi connectivity index (χ4v) is 3.33. The lowest BCUT2D eigenvalue weighted by molar-refractivity contribution is -0.117. The van der Waals surface area contributed by atoms with Gasteiger partial charge >= 0.3 is 0 Å². The van der Waals surface area contributed by atoms with Crippen molar-refractivity contribution in [2.75, 3.05) is 26.1 Å². The van der Waals surface area contributed by atoms with Crippen LogP contribution in [0.25, 0.3) is 16.8 Å². The summed E-state index contributed by atoms with van der Waals surface area (Å²) in [7, 11) is 3.04. The number of carbonyl (C=O) groups excluding carboxylic acids is 1. The van der Waals surface area contributed by atoms with Gasteiger partial charge in [-0.2, -0.15) is 10.2 Å². The molecule has 0 fully saturated rings. The first-order chi connectivity index (χ1) is 16.0. The average molecular weight is 449 g/mol. The number of benzene rings is 2. The molecule has 0 bridgehead atoms. The zero-order chi connectivity index (χ0) is 23.4. The summed E-state index contributed by atoms with van der Waals surface area (Å²) in [6, 6.07) is 14.1. The van der Waals surface area contributed by atoms with Gasteiger partial charge in [0.05, 0.1) is 26.5 Å². The minimum Gasteiger partial charge on any atom is -0.494 e. The number of rotatable bonds is 8. The van der Waals surface area contributed by atoms with E-state index in [0.717, 1.165) is 16.0 Å². The maximum Gasteiger partial charge on any atom is 0.293 e. The monoisotopic (exact) mass is 449 g/mol. The molecule has 4 rings (SSSR count). The Morgan fingerprint density at radius 1 is 1.03 bits per heavy atom. The summed E-state index contributed by atoms with van der Waals surface area (Å²) in [5.41, 5.74) is 1.84. The molecule has 0 saturated carbocycles. The summed E-state index contributed by atoms with van der Waals surface area (Å²) in [6.07, 6.45) is 1.40. The largest absolute Gasteiger partial charge is 0.494 e. The second kappa shape index (κ2) is 9.43. The van der Waals surface area contributed by atoms with Gasteiger partial charge in [-0.15, -0.1) is 0 Å². The van der Waals surface area contributed by atoms with Crippen LogP contribution in [0.3, 0.4) is 0 Å². The zero-order valence-corrected chi connectivity index (χ0v) is 18.4. The molecule has 170 valence electrons. The Hall–Kier alpha value is -4.34. The van der Waals surface area contributed by atoms with Crippen LogP contribution in [-0.4, -0.2) is 46.1 Å². The van der Waals surface area contributed by atoms with Crippen LogP contribution in [0.4, 0.5) is 5.69 Å². The molecule has 33 heavy (non-hydrogen) atoms. The van der Waals surface area contributed by atoms with Gasteiger partial charge in [-0.1, -0.05) is 0 Å². The Morgan fingerprint density at radius 2 is 1.79 bits per heavy atom. The molecule has 2 aromatic carbocycles. The zero-order valence-electron chi connectivity index (χ0n) is 18.4. The van der Waals surface area contributed by atoms with Crippen molar-refractivity contribution in [1.82, 2.24) is 19.4 Å². The quantitative estimate of drug-likeness (QED) is 0.440. The number of ether oxygens (including phenoxy) is 3. The van der Waals surface area contributed by atoms with Gasteiger partial charge in [-0.25, -0.2) is 9.20 Å². The number of carbonyl (C=O) groups is 1. The Kier molecular flexibility index (Phi) is 6.25. The first kappa shape index (κ1) is 21.9. The third kappa shape index (κ3) is 4.64. The molecule has 10 heteroatoms.